The fraction of sp³-hybridized carbons (Fsp3) is 0.321. The van der Waals surface area contributed by atoms with Crippen LogP contribution >= 0.6 is 11.6 Å². The zero-order valence-corrected chi connectivity index (χ0v) is 22.6. The fourth-order valence-electron chi connectivity index (χ4n) is 4.36. The molecule has 4 rings (SSSR count). The number of carbonyl (C=O) groups excluding carboxylic acids is 3. The molecule has 204 valence electrons. The predicted octanol–water partition coefficient (Wildman–Crippen LogP) is 4.79. The molecular weight excluding hydrogens is 520 g/mol. The molecule has 1 aliphatic carbocycles. The number of ether oxygens (including phenoxy) is 1. The molecule has 10 nitrogen and oxygen atoms in total. The minimum atomic E-state index is -0.572. The molecule has 1 saturated carbocycles. The van der Waals surface area contributed by atoms with Crippen LogP contribution < -0.4 is 25.6 Å². The highest BCUT2D eigenvalue weighted by Gasteiger charge is 2.23. The minimum absolute atomic E-state index is 0.00746. The van der Waals surface area contributed by atoms with Gasteiger partial charge in [0.1, 0.15) is 5.82 Å². The van der Waals surface area contributed by atoms with E-state index in [0.717, 1.165) is 31.2 Å². The van der Waals surface area contributed by atoms with Crippen molar-refractivity contribution in [2.45, 2.75) is 45.1 Å². The van der Waals surface area contributed by atoms with Crippen LogP contribution in [0.1, 0.15) is 44.0 Å². The average Bonchev–Trinajstić information content (AvgIpc) is 3.40. The molecule has 1 heterocycles. The van der Waals surface area contributed by atoms with Crippen LogP contribution in [-0.2, 0) is 16.0 Å². The molecule has 0 unspecified atom stereocenters. The quantitative estimate of drug-likeness (QED) is 0.258. The number of benzene rings is 2. The van der Waals surface area contributed by atoms with Gasteiger partial charge in [-0.2, -0.15) is 0 Å². The second-order valence-corrected chi connectivity index (χ2v) is 9.76. The molecule has 0 spiro atoms. The van der Waals surface area contributed by atoms with Crippen molar-refractivity contribution in [3.8, 4) is 5.75 Å². The fourth-order valence-corrected chi connectivity index (χ4v) is 4.58. The number of amides is 3. The molecule has 1 aromatic heterocycles. The van der Waals surface area contributed by atoms with Gasteiger partial charge in [0.05, 0.1) is 6.54 Å². The van der Waals surface area contributed by atoms with Crippen molar-refractivity contribution in [1.82, 2.24) is 15.3 Å². The van der Waals surface area contributed by atoms with Crippen LogP contribution in [0.3, 0.4) is 0 Å². The van der Waals surface area contributed by atoms with E-state index in [9.17, 15) is 14.4 Å². The van der Waals surface area contributed by atoms with E-state index >= 15 is 0 Å². The molecule has 0 radical (unpaired) electrons. The summed E-state index contributed by atoms with van der Waals surface area (Å²) in [5.74, 6) is -0.0752. The van der Waals surface area contributed by atoms with E-state index in [0.29, 0.717) is 23.6 Å². The van der Waals surface area contributed by atoms with Crippen molar-refractivity contribution in [2.75, 3.05) is 29.1 Å². The molecule has 2 aromatic carbocycles. The van der Waals surface area contributed by atoms with Gasteiger partial charge in [-0.3, -0.25) is 9.59 Å². The molecule has 1 aliphatic rings. The summed E-state index contributed by atoms with van der Waals surface area (Å²) in [5.41, 5.74) is 2.17. The van der Waals surface area contributed by atoms with Crippen LogP contribution in [0.2, 0.25) is 5.15 Å². The van der Waals surface area contributed by atoms with Crippen LogP contribution in [0.25, 0.3) is 0 Å². The molecule has 0 bridgehead atoms. The first-order valence-corrected chi connectivity index (χ1v) is 13.1. The van der Waals surface area contributed by atoms with E-state index in [4.69, 9.17) is 16.3 Å². The normalized spacial score (nSPS) is 13.0. The molecule has 0 aliphatic heterocycles. The van der Waals surface area contributed by atoms with Gasteiger partial charge >= 0.3 is 12.0 Å². The van der Waals surface area contributed by atoms with Gasteiger partial charge < -0.3 is 25.6 Å². The van der Waals surface area contributed by atoms with Gasteiger partial charge in [0.2, 0.25) is 11.7 Å². The summed E-state index contributed by atoms with van der Waals surface area (Å²) in [6.07, 6.45) is 4.50. The van der Waals surface area contributed by atoms with E-state index in [1.807, 2.05) is 30.3 Å². The third-order valence-electron chi connectivity index (χ3n) is 6.17. The number of aromatic nitrogens is 2. The summed E-state index contributed by atoms with van der Waals surface area (Å²) in [5, 5.41) is 8.57. The second kappa shape index (κ2) is 13.1. The Morgan fingerprint density at radius 2 is 1.62 bits per heavy atom. The Balaban J connectivity index is 1.44. The van der Waals surface area contributed by atoms with Gasteiger partial charge in [-0.15, -0.1) is 0 Å². The predicted molar refractivity (Wildman–Crippen MR) is 150 cm³/mol. The number of hydrogen-bond acceptors (Lipinski definition) is 7. The largest absolute Gasteiger partial charge is 0.419 e. The number of carbonyl (C=O) groups is 3. The van der Waals surface area contributed by atoms with Gasteiger partial charge in [-0.25, -0.2) is 14.8 Å². The summed E-state index contributed by atoms with van der Waals surface area (Å²) in [6, 6.07) is 16.2. The molecule has 11 heteroatoms. The highest BCUT2D eigenvalue weighted by atomic mass is 35.5. The van der Waals surface area contributed by atoms with Gasteiger partial charge in [0.25, 0.3) is 0 Å². The maximum absolute atomic E-state index is 12.6. The van der Waals surface area contributed by atoms with Crippen molar-refractivity contribution < 1.29 is 19.1 Å². The Morgan fingerprint density at radius 1 is 0.974 bits per heavy atom. The van der Waals surface area contributed by atoms with Crippen molar-refractivity contribution in [3.63, 3.8) is 0 Å². The summed E-state index contributed by atoms with van der Waals surface area (Å²) >= 11 is 6.40. The highest BCUT2D eigenvalue weighted by molar-refractivity contribution is 6.31. The lowest BCUT2D eigenvalue weighted by Gasteiger charge is -2.22. The van der Waals surface area contributed by atoms with Crippen LogP contribution in [0.5, 0.6) is 5.75 Å². The lowest BCUT2D eigenvalue weighted by atomic mass is 10.1. The number of nitrogens with one attached hydrogen (secondary N) is 3. The zero-order valence-electron chi connectivity index (χ0n) is 21.9. The van der Waals surface area contributed by atoms with E-state index < -0.39 is 5.97 Å². The summed E-state index contributed by atoms with van der Waals surface area (Å²) in [6.45, 7) is 1.28. The first-order valence-electron chi connectivity index (χ1n) is 12.7. The zero-order chi connectivity index (χ0) is 27.8. The topological polar surface area (TPSA) is 126 Å². The second-order valence-electron chi connectivity index (χ2n) is 9.40. The number of para-hydroxylation sites is 1. The van der Waals surface area contributed by atoms with Crippen molar-refractivity contribution >= 4 is 46.7 Å². The van der Waals surface area contributed by atoms with E-state index in [1.54, 1.807) is 36.2 Å². The third-order valence-corrected chi connectivity index (χ3v) is 6.42. The van der Waals surface area contributed by atoms with Gasteiger partial charge in [0, 0.05) is 37.8 Å². The maximum atomic E-state index is 12.6. The standard InChI is InChI=1S/C28H31ClN6O4/c1-18(36)39-25-26(29)33-23(34-27(25)35(2)17-24(37)30-20-10-6-7-11-20)16-19-12-14-22(15-13-19)32-28(38)31-21-8-4-3-5-9-21/h3-5,8-9,12-15,20H,6-7,10-11,16-17H2,1-2H3,(H,30,37)(H2,31,32,38). The van der Waals surface area contributed by atoms with Crippen LogP contribution in [0.15, 0.2) is 54.6 Å². The van der Waals surface area contributed by atoms with Crippen molar-refractivity contribution in [2.24, 2.45) is 0 Å². The Labute approximate surface area is 232 Å². The Kier molecular flexibility index (Phi) is 9.32. The lowest BCUT2D eigenvalue weighted by Crippen LogP contribution is -2.40. The first kappa shape index (κ1) is 27.8. The first-order chi connectivity index (χ1) is 18.8. The number of halogens is 1. The number of rotatable bonds is 9. The van der Waals surface area contributed by atoms with Crippen molar-refractivity contribution in [1.29, 1.82) is 0 Å². The number of urea groups is 1. The maximum Gasteiger partial charge on any atom is 0.323 e. The van der Waals surface area contributed by atoms with Crippen molar-refractivity contribution in [3.05, 3.63) is 71.1 Å². The Morgan fingerprint density at radius 3 is 2.26 bits per heavy atom. The Bertz CT molecular complexity index is 1310. The molecule has 39 heavy (non-hydrogen) atoms. The number of nitrogens with zero attached hydrogens (tertiary/aromatic N) is 3. The van der Waals surface area contributed by atoms with Crippen LogP contribution in [0, 0.1) is 0 Å². The SMILES string of the molecule is CC(=O)Oc1c(Cl)nc(Cc2ccc(NC(=O)Nc3ccccc3)cc2)nc1N(C)CC(=O)NC1CCCC1. The van der Waals surface area contributed by atoms with E-state index in [1.165, 1.54) is 6.92 Å². The van der Waals surface area contributed by atoms with Gasteiger partial charge in [0.15, 0.2) is 11.0 Å². The summed E-state index contributed by atoms with van der Waals surface area (Å²) in [4.78, 5) is 47.1. The van der Waals surface area contributed by atoms with E-state index in [-0.39, 0.29) is 41.2 Å². The Hall–Kier alpha value is -4.18. The molecule has 3 amide bonds. The molecule has 0 saturated heterocycles. The smallest absolute Gasteiger partial charge is 0.323 e. The molecule has 3 N–H and O–H groups in total. The number of likely N-dealkylation sites (N-methyl/N-ethyl adjacent to an activating group) is 1. The summed E-state index contributed by atoms with van der Waals surface area (Å²) in [7, 11) is 1.69. The van der Waals surface area contributed by atoms with Crippen LogP contribution in [0.4, 0.5) is 22.0 Å². The molecular formula is C28H31ClN6O4. The van der Waals surface area contributed by atoms with Gasteiger partial charge in [-0.1, -0.05) is 54.8 Å². The minimum Gasteiger partial charge on any atom is -0.419 e. The van der Waals surface area contributed by atoms with E-state index in [2.05, 4.69) is 25.9 Å². The number of hydrogen-bond donors (Lipinski definition) is 3. The van der Waals surface area contributed by atoms with Gasteiger partial charge in [-0.05, 0) is 42.7 Å². The number of anilines is 3. The third kappa shape index (κ3) is 8.15. The lowest BCUT2D eigenvalue weighted by molar-refractivity contribution is -0.131. The average molecular weight is 551 g/mol. The number of esters is 1. The monoisotopic (exact) mass is 550 g/mol. The summed E-state index contributed by atoms with van der Waals surface area (Å²) < 4.78 is 5.30. The molecule has 3 aromatic rings. The highest BCUT2D eigenvalue weighted by Crippen LogP contribution is 2.33. The molecule has 1 fully saturated rings. The van der Waals surface area contributed by atoms with Crippen LogP contribution in [-0.4, -0.2) is 47.5 Å². The molecule has 0 atom stereocenters.